The molecule has 0 atom stereocenters. The van der Waals surface area contributed by atoms with Gasteiger partial charge in [-0.15, -0.1) is 0 Å². The highest BCUT2D eigenvalue weighted by molar-refractivity contribution is 9.10. The second-order valence-electron chi connectivity index (χ2n) is 6.59. The monoisotopic (exact) mass is 403 g/mol. The number of hydrogen-bond donors (Lipinski definition) is 1. The molecule has 0 radical (unpaired) electrons. The third-order valence-corrected chi connectivity index (χ3v) is 3.73. The fourth-order valence-electron chi connectivity index (χ4n) is 1.75. The van der Waals surface area contributed by atoms with Crippen LogP contribution in [0.5, 0.6) is 0 Å². The second kappa shape index (κ2) is 11.6. The van der Waals surface area contributed by atoms with Crippen molar-refractivity contribution in [3.63, 3.8) is 0 Å². The molecule has 5 heteroatoms. The van der Waals surface area contributed by atoms with Gasteiger partial charge in [-0.1, -0.05) is 13.8 Å². The summed E-state index contributed by atoms with van der Waals surface area (Å²) in [5.74, 6) is -0.205. The Morgan fingerprint density at radius 2 is 1.58 bits per heavy atom. The summed E-state index contributed by atoms with van der Waals surface area (Å²) in [4.78, 5) is 16.1. The first kappa shape index (κ1) is 25.3. The van der Waals surface area contributed by atoms with E-state index in [1.165, 1.54) is 0 Å². The molecule has 0 aliphatic rings. The second-order valence-corrected chi connectivity index (χ2v) is 7.38. The molecule has 0 bridgehead atoms. The summed E-state index contributed by atoms with van der Waals surface area (Å²) in [6.45, 7) is 18.8. The standard InChI is InChI=1S/C13H18BrNO2.C4H10O.C2H6/c1-7(2)17-12(16)6-11-8(3)13(14)10(5)15-9(11)4;1-4(2,3)5;1-2/h7H,6H2,1-5H3;5H,1-3H3;1-2H3. The van der Waals surface area contributed by atoms with Gasteiger partial charge in [-0.3, -0.25) is 9.78 Å². The minimum atomic E-state index is -0.500. The molecular formula is C19H34BrNO3. The minimum Gasteiger partial charge on any atom is -0.463 e. The van der Waals surface area contributed by atoms with Crippen molar-refractivity contribution in [3.8, 4) is 0 Å². The fourth-order valence-corrected chi connectivity index (χ4v) is 2.08. The Morgan fingerprint density at radius 3 is 1.96 bits per heavy atom. The highest BCUT2D eigenvalue weighted by atomic mass is 79.9. The molecule has 0 saturated carbocycles. The molecule has 0 spiro atoms. The van der Waals surface area contributed by atoms with E-state index in [-0.39, 0.29) is 18.5 Å². The molecule has 0 unspecified atom stereocenters. The number of aromatic nitrogens is 1. The van der Waals surface area contributed by atoms with Crippen molar-refractivity contribution in [2.75, 3.05) is 0 Å². The molecule has 140 valence electrons. The number of pyridine rings is 1. The summed E-state index contributed by atoms with van der Waals surface area (Å²) in [5, 5.41) is 8.52. The molecule has 24 heavy (non-hydrogen) atoms. The number of rotatable bonds is 3. The first-order chi connectivity index (χ1) is 10.8. The van der Waals surface area contributed by atoms with Crippen LogP contribution >= 0.6 is 15.9 Å². The lowest BCUT2D eigenvalue weighted by Gasteiger charge is -2.13. The van der Waals surface area contributed by atoms with Crippen molar-refractivity contribution < 1.29 is 14.6 Å². The van der Waals surface area contributed by atoms with Gasteiger partial charge in [-0.05, 0) is 82.4 Å². The van der Waals surface area contributed by atoms with E-state index >= 15 is 0 Å². The minimum absolute atomic E-state index is 0.0787. The van der Waals surface area contributed by atoms with Crippen molar-refractivity contribution in [1.29, 1.82) is 0 Å². The molecule has 0 amide bonds. The Balaban J connectivity index is 0. The van der Waals surface area contributed by atoms with E-state index in [1.54, 1.807) is 20.8 Å². The van der Waals surface area contributed by atoms with E-state index in [1.807, 2.05) is 48.5 Å². The summed E-state index contributed by atoms with van der Waals surface area (Å²) in [5.41, 5.74) is 3.36. The van der Waals surface area contributed by atoms with Crippen molar-refractivity contribution >= 4 is 21.9 Å². The summed E-state index contributed by atoms with van der Waals surface area (Å²) < 4.78 is 6.12. The zero-order valence-corrected chi connectivity index (χ0v) is 18.5. The van der Waals surface area contributed by atoms with Gasteiger partial charge in [0.15, 0.2) is 0 Å². The number of hydrogen-bond acceptors (Lipinski definition) is 4. The topological polar surface area (TPSA) is 59.4 Å². The summed E-state index contributed by atoms with van der Waals surface area (Å²) in [6.07, 6.45) is 0.201. The van der Waals surface area contributed by atoms with Crippen LogP contribution in [0.1, 0.15) is 71.0 Å². The molecule has 0 aliphatic heterocycles. The highest BCUT2D eigenvalue weighted by Crippen LogP contribution is 2.25. The zero-order valence-electron chi connectivity index (χ0n) is 16.9. The normalized spacial score (nSPS) is 10.4. The molecule has 0 fully saturated rings. The summed E-state index contributed by atoms with van der Waals surface area (Å²) in [7, 11) is 0. The largest absolute Gasteiger partial charge is 0.463 e. The number of ether oxygens (including phenoxy) is 1. The summed E-state index contributed by atoms with van der Waals surface area (Å²) >= 11 is 3.49. The molecule has 1 rings (SSSR count). The number of nitrogens with zero attached hydrogens (tertiary/aromatic N) is 1. The van der Waals surface area contributed by atoms with Crippen LogP contribution in [0.4, 0.5) is 0 Å². The molecule has 1 N–H and O–H groups in total. The predicted octanol–water partition coefficient (Wildman–Crippen LogP) is 5.07. The fraction of sp³-hybridized carbons (Fsp3) is 0.684. The average Bonchev–Trinajstić information content (AvgIpc) is 2.41. The van der Waals surface area contributed by atoms with Gasteiger partial charge in [-0.25, -0.2) is 0 Å². The molecule has 0 aromatic carbocycles. The van der Waals surface area contributed by atoms with Crippen LogP contribution < -0.4 is 0 Å². The SMILES string of the molecule is CC.CC(C)(C)O.Cc1nc(C)c(CC(=O)OC(C)C)c(C)c1Br. The van der Waals surface area contributed by atoms with E-state index < -0.39 is 5.60 Å². The zero-order chi connectivity index (χ0) is 19.7. The van der Waals surface area contributed by atoms with Crippen LogP contribution in [0.2, 0.25) is 0 Å². The number of halogens is 1. The van der Waals surface area contributed by atoms with Gasteiger partial charge in [0, 0.05) is 10.2 Å². The Bertz CT molecular complexity index is 514. The Hall–Kier alpha value is -0.940. The lowest BCUT2D eigenvalue weighted by Crippen LogP contribution is -2.15. The number of carbonyl (C=O) groups excluding carboxylic acids is 1. The maximum Gasteiger partial charge on any atom is 0.310 e. The lowest BCUT2D eigenvalue weighted by molar-refractivity contribution is -0.146. The van der Waals surface area contributed by atoms with E-state index in [9.17, 15) is 4.79 Å². The number of esters is 1. The van der Waals surface area contributed by atoms with Gasteiger partial charge in [0.05, 0.1) is 23.8 Å². The van der Waals surface area contributed by atoms with Crippen molar-refractivity contribution in [2.24, 2.45) is 0 Å². The molecular weight excluding hydrogens is 370 g/mol. The van der Waals surface area contributed by atoms with Crippen molar-refractivity contribution in [1.82, 2.24) is 4.98 Å². The van der Waals surface area contributed by atoms with Crippen LogP contribution in [-0.4, -0.2) is 27.8 Å². The van der Waals surface area contributed by atoms with Crippen molar-refractivity contribution in [2.45, 2.75) is 87.4 Å². The first-order valence-electron chi connectivity index (χ1n) is 8.37. The number of aliphatic hydroxyl groups is 1. The summed E-state index contributed by atoms with van der Waals surface area (Å²) in [6, 6.07) is 0. The van der Waals surface area contributed by atoms with Crippen LogP contribution in [0.15, 0.2) is 4.47 Å². The molecule has 0 saturated heterocycles. The van der Waals surface area contributed by atoms with Crippen LogP contribution in [0.25, 0.3) is 0 Å². The van der Waals surface area contributed by atoms with Gasteiger partial charge in [0.2, 0.25) is 0 Å². The molecule has 1 heterocycles. The van der Waals surface area contributed by atoms with Crippen LogP contribution in [0.3, 0.4) is 0 Å². The van der Waals surface area contributed by atoms with Gasteiger partial charge in [0.25, 0.3) is 0 Å². The van der Waals surface area contributed by atoms with Crippen LogP contribution in [-0.2, 0) is 16.0 Å². The lowest BCUT2D eigenvalue weighted by atomic mass is 10.0. The van der Waals surface area contributed by atoms with Gasteiger partial charge >= 0.3 is 5.97 Å². The Morgan fingerprint density at radius 1 is 1.17 bits per heavy atom. The van der Waals surface area contributed by atoms with E-state index in [2.05, 4.69) is 20.9 Å². The number of aryl methyl sites for hydroxylation is 2. The molecule has 0 aliphatic carbocycles. The molecule has 4 nitrogen and oxygen atoms in total. The van der Waals surface area contributed by atoms with Crippen LogP contribution in [0, 0.1) is 20.8 Å². The van der Waals surface area contributed by atoms with E-state index in [0.29, 0.717) is 0 Å². The Labute approximate surface area is 156 Å². The third kappa shape index (κ3) is 11.6. The first-order valence-corrected chi connectivity index (χ1v) is 9.16. The Kier molecular flexibility index (Phi) is 12.2. The quantitative estimate of drug-likeness (QED) is 0.715. The molecule has 1 aromatic rings. The average molecular weight is 404 g/mol. The molecule has 1 aromatic heterocycles. The highest BCUT2D eigenvalue weighted by Gasteiger charge is 2.15. The maximum atomic E-state index is 11.7. The van der Waals surface area contributed by atoms with E-state index in [4.69, 9.17) is 9.84 Å². The van der Waals surface area contributed by atoms with E-state index in [0.717, 1.165) is 27.0 Å². The van der Waals surface area contributed by atoms with Gasteiger partial charge < -0.3 is 9.84 Å². The van der Waals surface area contributed by atoms with Gasteiger partial charge in [-0.2, -0.15) is 0 Å². The predicted molar refractivity (Wildman–Crippen MR) is 104 cm³/mol. The maximum absolute atomic E-state index is 11.7. The van der Waals surface area contributed by atoms with Crippen molar-refractivity contribution in [3.05, 3.63) is 27.0 Å². The van der Waals surface area contributed by atoms with Gasteiger partial charge in [0.1, 0.15) is 0 Å². The number of carbonyl (C=O) groups is 1. The third-order valence-electron chi connectivity index (χ3n) is 2.56. The smallest absolute Gasteiger partial charge is 0.310 e.